The standard InChI is InChI=1S/C12H17NO2/c1-10(2)8-13-15-9-11-5-4-6-12(7-11)14-3/h4-8,10H,9H2,1-3H3. The van der Waals surface area contributed by atoms with Crippen LogP contribution in [0.25, 0.3) is 0 Å². The lowest BCUT2D eigenvalue weighted by Gasteiger charge is -2.03. The minimum absolute atomic E-state index is 0.412. The first kappa shape index (κ1) is 11.6. The highest BCUT2D eigenvalue weighted by molar-refractivity contribution is 5.58. The normalized spacial score (nSPS) is 10.9. The van der Waals surface area contributed by atoms with Crippen molar-refractivity contribution in [3.8, 4) is 5.75 Å². The molecule has 0 bridgehead atoms. The predicted molar refractivity (Wildman–Crippen MR) is 61.1 cm³/mol. The second kappa shape index (κ2) is 6.06. The van der Waals surface area contributed by atoms with Crippen molar-refractivity contribution in [2.45, 2.75) is 20.5 Å². The number of hydrogen-bond donors (Lipinski definition) is 0. The Kier molecular flexibility index (Phi) is 4.68. The molecule has 0 aliphatic heterocycles. The molecule has 0 atom stereocenters. The van der Waals surface area contributed by atoms with Gasteiger partial charge in [0.15, 0.2) is 0 Å². The smallest absolute Gasteiger partial charge is 0.142 e. The molecule has 0 saturated heterocycles. The number of methoxy groups -OCH3 is 1. The van der Waals surface area contributed by atoms with Gasteiger partial charge in [-0.05, 0) is 23.6 Å². The lowest BCUT2D eigenvalue weighted by molar-refractivity contribution is 0.130. The lowest BCUT2D eigenvalue weighted by atomic mass is 10.2. The van der Waals surface area contributed by atoms with Gasteiger partial charge in [0.1, 0.15) is 12.4 Å². The largest absolute Gasteiger partial charge is 0.497 e. The maximum absolute atomic E-state index is 5.14. The molecule has 1 aromatic carbocycles. The molecule has 0 N–H and O–H groups in total. The van der Waals surface area contributed by atoms with E-state index in [1.165, 1.54) is 0 Å². The molecule has 15 heavy (non-hydrogen) atoms. The molecule has 0 unspecified atom stereocenters. The number of rotatable bonds is 5. The van der Waals surface area contributed by atoms with E-state index in [0.717, 1.165) is 11.3 Å². The summed E-state index contributed by atoms with van der Waals surface area (Å²) < 4.78 is 5.11. The Balaban J connectivity index is 2.43. The van der Waals surface area contributed by atoms with Gasteiger partial charge < -0.3 is 9.57 Å². The second-order valence-corrected chi connectivity index (χ2v) is 3.62. The summed E-state index contributed by atoms with van der Waals surface area (Å²) in [5.41, 5.74) is 1.05. The number of oxime groups is 1. The molecule has 0 aromatic heterocycles. The summed E-state index contributed by atoms with van der Waals surface area (Å²) >= 11 is 0. The third-order valence-corrected chi connectivity index (χ3v) is 1.80. The van der Waals surface area contributed by atoms with Crippen LogP contribution in [0.1, 0.15) is 19.4 Å². The third-order valence-electron chi connectivity index (χ3n) is 1.80. The topological polar surface area (TPSA) is 30.8 Å². The Morgan fingerprint density at radius 1 is 1.40 bits per heavy atom. The maximum Gasteiger partial charge on any atom is 0.142 e. The molecule has 0 radical (unpaired) electrons. The van der Waals surface area contributed by atoms with Crippen molar-refractivity contribution in [3.05, 3.63) is 29.8 Å². The molecule has 0 saturated carbocycles. The van der Waals surface area contributed by atoms with E-state index in [1.807, 2.05) is 24.3 Å². The zero-order chi connectivity index (χ0) is 11.1. The van der Waals surface area contributed by atoms with Crippen LogP contribution in [0.2, 0.25) is 0 Å². The summed E-state index contributed by atoms with van der Waals surface area (Å²) in [6.07, 6.45) is 1.78. The summed E-state index contributed by atoms with van der Waals surface area (Å²) in [4.78, 5) is 5.14. The minimum Gasteiger partial charge on any atom is -0.497 e. The van der Waals surface area contributed by atoms with Crippen molar-refractivity contribution in [1.82, 2.24) is 0 Å². The molecule has 0 amide bonds. The predicted octanol–water partition coefficient (Wildman–Crippen LogP) is 2.85. The van der Waals surface area contributed by atoms with Crippen LogP contribution in [0.4, 0.5) is 0 Å². The van der Waals surface area contributed by atoms with Crippen LogP contribution < -0.4 is 4.74 Å². The average Bonchev–Trinajstić information content (AvgIpc) is 2.24. The van der Waals surface area contributed by atoms with E-state index in [1.54, 1.807) is 13.3 Å². The fourth-order valence-electron chi connectivity index (χ4n) is 1.04. The highest BCUT2D eigenvalue weighted by Crippen LogP contribution is 2.13. The SMILES string of the molecule is COc1cccc(CON=CC(C)C)c1. The van der Waals surface area contributed by atoms with Crippen LogP contribution in [0, 0.1) is 5.92 Å². The molecule has 82 valence electrons. The molecule has 0 spiro atoms. The summed E-state index contributed by atoms with van der Waals surface area (Å²) in [5.74, 6) is 1.25. The Labute approximate surface area is 90.7 Å². The van der Waals surface area contributed by atoms with Gasteiger partial charge in [-0.3, -0.25) is 0 Å². The van der Waals surface area contributed by atoms with Crippen molar-refractivity contribution in [2.24, 2.45) is 11.1 Å². The van der Waals surface area contributed by atoms with Crippen LogP contribution in [0.15, 0.2) is 29.4 Å². The van der Waals surface area contributed by atoms with E-state index in [0.29, 0.717) is 12.5 Å². The van der Waals surface area contributed by atoms with Crippen molar-refractivity contribution in [2.75, 3.05) is 7.11 Å². The van der Waals surface area contributed by atoms with E-state index in [-0.39, 0.29) is 0 Å². The van der Waals surface area contributed by atoms with Gasteiger partial charge in [0, 0.05) is 6.21 Å². The van der Waals surface area contributed by atoms with Gasteiger partial charge in [0.2, 0.25) is 0 Å². The summed E-state index contributed by atoms with van der Waals surface area (Å²) in [6, 6.07) is 7.75. The minimum atomic E-state index is 0.412. The van der Waals surface area contributed by atoms with Crippen LogP contribution in [-0.4, -0.2) is 13.3 Å². The van der Waals surface area contributed by atoms with Crippen molar-refractivity contribution < 1.29 is 9.57 Å². The molecule has 1 aromatic rings. The number of benzene rings is 1. The highest BCUT2D eigenvalue weighted by atomic mass is 16.6. The van der Waals surface area contributed by atoms with Crippen LogP contribution in [0.3, 0.4) is 0 Å². The monoisotopic (exact) mass is 207 g/mol. The summed E-state index contributed by atoms with van der Waals surface area (Å²) in [6.45, 7) is 4.58. The van der Waals surface area contributed by atoms with E-state index in [2.05, 4.69) is 19.0 Å². The first-order valence-corrected chi connectivity index (χ1v) is 5.00. The van der Waals surface area contributed by atoms with Gasteiger partial charge in [-0.2, -0.15) is 0 Å². The molecule has 0 aliphatic carbocycles. The highest BCUT2D eigenvalue weighted by Gasteiger charge is 1.95. The zero-order valence-electron chi connectivity index (χ0n) is 9.43. The zero-order valence-corrected chi connectivity index (χ0v) is 9.43. The lowest BCUT2D eigenvalue weighted by Crippen LogP contribution is -1.92. The fraction of sp³-hybridized carbons (Fsp3) is 0.417. The van der Waals surface area contributed by atoms with E-state index < -0.39 is 0 Å². The Morgan fingerprint density at radius 2 is 2.20 bits per heavy atom. The fourth-order valence-corrected chi connectivity index (χ4v) is 1.04. The Hall–Kier alpha value is -1.51. The van der Waals surface area contributed by atoms with Crippen LogP contribution in [0.5, 0.6) is 5.75 Å². The number of ether oxygens (including phenoxy) is 1. The van der Waals surface area contributed by atoms with E-state index >= 15 is 0 Å². The first-order chi connectivity index (χ1) is 7.22. The van der Waals surface area contributed by atoms with Crippen molar-refractivity contribution >= 4 is 6.21 Å². The molecule has 3 nitrogen and oxygen atoms in total. The van der Waals surface area contributed by atoms with E-state index in [9.17, 15) is 0 Å². The van der Waals surface area contributed by atoms with Crippen molar-refractivity contribution in [3.63, 3.8) is 0 Å². The van der Waals surface area contributed by atoms with Gasteiger partial charge in [0.05, 0.1) is 7.11 Å². The third kappa shape index (κ3) is 4.49. The first-order valence-electron chi connectivity index (χ1n) is 5.00. The molecular weight excluding hydrogens is 190 g/mol. The van der Waals surface area contributed by atoms with Crippen LogP contribution >= 0.6 is 0 Å². The average molecular weight is 207 g/mol. The molecule has 3 heteroatoms. The van der Waals surface area contributed by atoms with Gasteiger partial charge >= 0.3 is 0 Å². The number of nitrogens with zero attached hydrogens (tertiary/aromatic N) is 1. The van der Waals surface area contributed by atoms with Crippen molar-refractivity contribution in [1.29, 1.82) is 0 Å². The van der Waals surface area contributed by atoms with Gasteiger partial charge in [0.25, 0.3) is 0 Å². The molecular formula is C12H17NO2. The van der Waals surface area contributed by atoms with Gasteiger partial charge in [-0.25, -0.2) is 0 Å². The van der Waals surface area contributed by atoms with E-state index in [4.69, 9.17) is 9.57 Å². The Bertz CT molecular complexity index is 321. The molecule has 1 rings (SSSR count). The molecule has 0 aliphatic rings. The second-order valence-electron chi connectivity index (χ2n) is 3.62. The quantitative estimate of drug-likeness (QED) is 0.549. The molecule has 0 heterocycles. The number of hydrogen-bond acceptors (Lipinski definition) is 3. The van der Waals surface area contributed by atoms with Crippen LogP contribution in [-0.2, 0) is 11.4 Å². The Morgan fingerprint density at radius 3 is 2.87 bits per heavy atom. The van der Waals surface area contributed by atoms with Gasteiger partial charge in [-0.1, -0.05) is 31.1 Å². The maximum atomic E-state index is 5.14. The molecule has 0 fully saturated rings. The van der Waals surface area contributed by atoms with Gasteiger partial charge in [-0.15, -0.1) is 0 Å². The summed E-state index contributed by atoms with van der Waals surface area (Å²) in [7, 11) is 1.65. The summed E-state index contributed by atoms with van der Waals surface area (Å²) in [5, 5.41) is 3.86.